The lowest BCUT2D eigenvalue weighted by Crippen LogP contribution is -2.26. The van der Waals surface area contributed by atoms with Gasteiger partial charge in [0.25, 0.3) is 5.91 Å². The molecular formula is C29H24F2N4O6. The van der Waals surface area contributed by atoms with E-state index in [0.29, 0.717) is 23.4 Å². The van der Waals surface area contributed by atoms with Crippen molar-refractivity contribution < 1.29 is 37.7 Å². The van der Waals surface area contributed by atoms with Crippen LogP contribution < -0.4 is 19.1 Å². The van der Waals surface area contributed by atoms with Gasteiger partial charge in [0.05, 0.1) is 22.6 Å². The minimum absolute atomic E-state index is 0.0715. The third kappa shape index (κ3) is 4.92. The summed E-state index contributed by atoms with van der Waals surface area (Å²) < 4.78 is 43.8. The van der Waals surface area contributed by atoms with E-state index in [1.807, 2.05) is 13.0 Å². The zero-order chi connectivity index (χ0) is 28.9. The number of ether oxygens (including phenoxy) is 3. The largest absolute Gasteiger partial charge is 0.586 e. The quantitative estimate of drug-likeness (QED) is 0.335. The van der Waals surface area contributed by atoms with Gasteiger partial charge in [0.1, 0.15) is 6.10 Å². The number of carboxylic acids is 1. The molecule has 1 unspecified atom stereocenters. The molecule has 41 heavy (non-hydrogen) atoms. The van der Waals surface area contributed by atoms with Crippen LogP contribution in [0.5, 0.6) is 17.4 Å². The van der Waals surface area contributed by atoms with Crippen molar-refractivity contribution in [2.75, 3.05) is 11.9 Å². The van der Waals surface area contributed by atoms with Crippen molar-refractivity contribution in [1.82, 2.24) is 14.8 Å². The van der Waals surface area contributed by atoms with Gasteiger partial charge in [0.15, 0.2) is 11.5 Å². The highest BCUT2D eigenvalue weighted by Gasteiger charge is 2.43. The van der Waals surface area contributed by atoms with E-state index >= 15 is 0 Å². The van der Waals surface area contributed by atoms with Gasteiger partial charge in [0.2, 0.25) is 5.88 Å². The Hall–Kier alpha value is -5.00. The standard InChI is InChI=1S/C29H24F2N4O6/c1-16-21-7-4-8-23(39-25-14-18(28(37)38)11-12-32-25)26(21)35(33-16)20-6-3-5-17(13-20)27(36)34(2)19-9-10-22-24(15-19)41-29(30,31)40-22/h3,5-6,9-15,23H,4,7-8H2,1-2H3,(H,37,38). The molecule has 10 nitrogen and oxygen atoms in total. The second kappa shape index (κ2) is 9.88. The van der Waals surface area contributed by atoms with Gasteiger partial charge in [-0.05, 0) is 62.6 Å². The number of pyridine rings is 1. The number of carbonyl (C=O) groups excluding carboxylic acids is 1. The normalized spacial score (nSPS) is 16.6. The summed E-state index contributed by atoms with van der Waals surface area (Å²) in [5.74, 6) is -1.53. The fraction of sp³-hybridized carbons (Fsp3) is 0.241. The Labute approximate surface area is 232 Å². The minimum atomic E-state index is -3.75. The lowest BCUT2D eigenvalue weighted by atomic mass is 9.93. The predicted octanol–water partition coefficient (Wildman–Crippen LogP) is 5.33. The van der Waals surface area contributed by atoms with E-state index in [2.05, 4.69) is 14.5 Å². The summed E-state index contributed by atoms with van der Waals surface area (Å²) in [6, 6.07) is 13.8. The molecule has 4 aromatic rings. The number of rotatable bonds is 6. The molecule has 0 saturated heterocycles. The van der Waals surface area contributed by atoms with Crippen LogP contribution in [0.2, 0.25) is 0 Å². The lowest BCUT2D eigenvalue weighted by Gasteiger charge is -2.25. The second-order valence-corrected chi connectivity index (χ2v) is 9.76. The molecule has 1 amide bonds. The number of alkyl halides is 2. The summed E-state index contributed by atoms with van der Waals surface area (Å²) in [5.41, 5.74) is 4.05. The number of halogens is 2. The van der Waals surface area contributed by atoms with Crippen molar-refractivity contribution in [3.63, 3.8) is 0 Å². The van der Waals surface area contributed by atoms with E-state index in [1.165, 1.54) is 48.5 Å². The zero-order valence-corrected chi connectivity index (χ0v) is 22.0. The molecule has 1 N–H and O–H groups in total. The molecule has 2 aromatic heterocycles. The number of amides is 1. The molecular weight excluding hydrogens is 538 g/mol. The maximum Gasteiger partial charge on any atom is 0.586 e. The van der Waals surface area contributed by atoms with E-state index in [0.717, 1.165) is 29.8 Å². The zero-order valence-electron chi connectivity index (χ0n) is 22.0. The van der Waals surface area contributed by atoms with Gasteiger partial charge in [-0.25, -0.2) is 14.5 Å². The highest BCUT2D eigenvalue weighted by Crippen LogP contribution is 2.43. The molecule has 6 rings (SSSR count). The van der Waals surface area contributed by atoms with E-state index in [1.54, 1.807) is 22.9 Å². The molecule has 0 saturated carbocycles. The molecule has 0 spiro atoms. The number of hydrogen-bond donors (Lipinski definition) is 1. The number of hydrogen-bond acceptors (Lipinski definition) is 7. The fourth-order valence-corrected chi connectivity index (χ4v) is 5.11. The Bertz CT molecular complexity index is 1690. The fourth-order valence-electron chi connectivity index (χ4n) is 5.11. The van der Waals surface area contributed by atoms with Crippen molar-refractivity contribution >= 4 is 17.6 Å². The number of aromatic carboxylic acids is 1. The molecule has 2 aliphatic rings. The summed E-state index contributed by atoms with van der Waals surface area (Å²) >= 11 is 0. The third-order valence-corrected chi connectivity index (χ3v) is 7.08. The van der Waals surface area contributed by atoms with Crippen molar-refractivity contribution in [1.29, 1.82) is 0 Å². The average Bonchev–Trinajstić information content (AvgIpc) is 3.47. The first-order valence-corrected chi connectivity index (χ1v) is 12.8. The van der Waals surface area contributed by atoms with Gasteiger partial charge in [-0.2, -0.15) is 5.10 Å². The number of carbonyl (C=O) groups is 2. The van der Waals surface area contributed by atoms with Crippen molar-refractivity contribution in [3.8, 4) is 23.1 Å². The van der Waals surface area contributed by atoms with Gasteiger partial charge in [-0.3, -0.25) is 4.79 Å². The number of anilines is 1. The number of aryl methyl sites for hydroxylation is 1. The first-order valence-electron chi connectivity index (χ1n) is 12.8. The van der Waals surface area contributed by atoms with E-state index in [9.17, 15) is 23.5 Å². The molecule has 1 aliphatic carbocycles. The summed E-state index contributed by atoms with van der Waals surface area (Å²) in [6.07, 6.45) is -0.480. The summed E-state index contributed by atoms with van der Waals surface area (Å²) in [7, 11) is 1.53. The van der Waals surface area contributed by atoms with E-state index in [-0.39, 0.29) is 28.8 Å². The third-order valence-electron chi connectivity index (χ3n) is 7.08. The lowest BCUT2D eigenvalue weighted by molar-refractivity contribution is -0.286. The minimum Gasteiger partial charge on any atom is -0.478 e. The Kier molecular flexibility index (Phi) is 6.32. The first kappa shape index (κ1) is 26.2. The van der Waals surface area contributed by atoms with Gasteiger partial charge in [-0.1, -0.05) is 6.07 Å². The maximum atomic E-state index is 13.5. The van der Waals surface area contributed by atoms with Crippen LogP contribution in [-0.4, -0.2) is 45.1 Å². The SMILES string of the molecule is Cc1nn(-c2cccc(C(=O)N(C)c3ccc4c(c3)OC(F)(F)O4)c2)c2c1CCCC2Oc1cc(C(=O)O)ccn1. The average molecular weight is 563 g/mol. The van der Waals surface area contributed by atoms with Crippen LogP contribution in [0.1, 0.15) is 56.6 Å². The van der Waals surface area contributed by atoms with Crippen LogP contribution >= 0.6 is 0 Å². The number of fused-ring (bicyclic) bond motifs is 2. The van der Waals surface area contributed by atoms with Crippen LogP contribution in [0.15, 0.2) is 60.8 Å². The molecule has 3 heterocycles. The summed E-state index contributed by atoms with van der Waals surface area (Å²) in [5, 5.41) is 14.1. The summed E-state index contributed by atoms with van der Waals surface area (Å²) in [4.78, 5) is 30.4. The highest BCUT2D eigenvalue weighted by molar-refractivity contribution is 6.06. The van der Waals surface area contributed by atoms with Crippen LogP contribution in [0.25, 0.3) is 5.69 Å². The van der Waals surface area contributed by atoms with Crippen molar-refractivity contribution in [2.45, 2.75) is 38.6 Å². The molecule has 210 valence electrons. The Morgan fingerprint density at radius 3 is 2.71 bits per heavy atom. The van der Waals surface area contributed by atoms with E-state index in [4.69, 9.17) is 9.84 Å². The smallest absolute Gasteiger partial charge is 0.478 e. The Morgan fingerprint density at radius 1 is 1.10 bits per heavy atom. The Morgan fingerprint density at radius 2 is 1.90 bits per heavy atom. The first-order chi connectivity index (χ1) is 19.6. The van der Waals surface area contributed by atoms with Crippen molar-refractivity contribution in [3.05, 3.63) is 88.9 Å². The molecule has 0 bridgehead atoms. The van der Waals surface area contributed by atoms with Crippen LogP contribution in [0.3, 0.4) is 0 Å². The summed E-state index contributed by atoms with van der Waals surface area (Å²) in [6.45, 7) is 1.91. The van der Waals surface area contributed by atoms with Crippen LogP contribution in [0.4, 0.5) is 14.5 Å². The topological polar surface area (TPSA) is 116 Å². The Balaban J connectivity index is 1.30. The van der Waals surface area contributed by atoms with Gasteiger partial charge in [0, 0.05) is 42.2 Å². The van der Waals surface area contributed by atoms with Crippen LogP contribution in [0, 0.1) is 6.92 Å². The number of benzene rings is 2. The molecule has 0 fully saturated rings. The molecule has 1 aliphatic heterocycles. The molecule has 12 heteroatoms. The van der Waals surface area contributed by atoms with Gasteiger partial charge in [-0.15, -0.1) is 8.78 Å². The van der Waals surface area contributed by atoms with Gasteiger partial charge < -0.3 is 24.2 Å². The highest BCUT2D eigenvalue weighted by atomic mass is 19.3. The molecule has 1 atom stereocenters. The maximum absolute atomic E-state index is 13.5. The predicted molar refractivity (Wildman–Crippen MR) is 141 cm³/mol. The number of carboxylic acid groups (broad SMARTS) is 1. The van der Waals surface area contributed by atoms with E-state index < -0.39 is 18.4 Å². The van der Waals surface area contributed by atoms with Gasteiger partial charge >= 0.3 is 12.3 Å². The van der Waals surface area contributed by atoms with Crippen LogP contribution in [-0.2, 0) is 6.42 Å². The number of aromatic nitrogens is 3. The molecule has 2 aromatic carbocycles. The monoisotopic (exact) mass is 562 g/mol. The molecule has 0 radical (unpaired) electrons. The second-order valence-electron chi connectivity index (χ2n) is 9.76. The number of nitrogens with zero attached hydrogens (tertiary/aromatic N) is 4. The van der Waals surface area contributed by atoms with Crippen molar-refractivity contribution in [2.24, 2.45) is 0 Å².